The van der Waals surface area contributed by atoms with Crippen molar-refractivity contribution < 1.29 is 0 Å². The largest absolute Gasteiger partial charge is 0.320 e. The normalized spacial score (nSPS) is 12.8. The lowest BCUT2D eigenvalue weighted by Crippen LogP contribution is -2.10. The highest BCUT2D eigenvalue weighted by Gasteiger charge is 2.14. The van der Waals surface area contributed by atoms with E-state index in [1.54, 1.807) is 0 Å². The van der Waals surface area contributed by atoms with Crippen molar-refractivity contribution >= 4 is 34.5 Å². The Morgan fingerprint density at radius 1 is 1.12 bits per heavy atom. The van der Waals surface area contributed by atoms with E-state index in [-0.39, 0.29) is 6.04 Å². The van der Waals surface area contributed by atoms with Gasteiger partial charge in [0.1, 0.15) is 0 Å². The molecule has 0 amide bonds. The fourth-order valence-electron chi connectivity index (χ4n) is 1.75. The number of aryl methyl sites for hydroxylation is 2. The van der Waals surface area contributed by atoms with E-state index in [1.165, 1.54) is 11.3 Å². The van der Waals surface area contributed by atoms with E-state index in [0.29, 0.717) is 0 Å². The zero-order chi connectivity index (χ0) is 12.6. The van der Waals surface area contributed by atoms with Gasteiger partial charge in [-0.3, -0.25) is 0 Å². The topological polar surface area (TPSA) is 26.0 Å². The molecule has 0 bridgehead atoms. The lowest BCUT2D eigenvalue weighted by Gasteiger charge is -2.11. The fourth-order valence-corrected chi connectivity index (χ4v) is 3.29. The van der Waals surface area contributed by atoms with E-state index in [2.05, 4.69) is 6.07 Å². The number of nitrogens with two attached hydrogens (primary N) is 1. The molecule has 4 heteroatoms. The van der Waals surface area contributed by atoms with Crippen LogP contribution < -0.4 is 5.73 Å². The fraction of sp³-hybridized carbons (Fsp3) is 0.231. The van der Waals surface area contributed by atoms with Gasteiger partial charge in [0.05, 0.1) is 10.4 Å². The molecular formula is C13H13Cl2NS. The Bertz CT molecular complexity index is 509. The standard InChI is InChI=1S/C13H13Cl2NS/c1-7-3-9(6-10(14)4-7)12(16)11-5-8(2)13(15)17-11/h3-6,12H,16H2,1-2H3. The van der Waals surface area contributed by atoms with Crippen LogP contribution >= 0.6 is 34.5 Å². The lowest BCUT2D eigenvalue weighted by atomic mass is 10.0. The highest BCUT2D eigenvalue weighted by molar-refractivity contribution is 7.16. The predicted octanol–water partition coefficient (Wildman–Crippen LogP) is 4.72. The lowest BCUT2D eigenvalue weighted by molar-refractivity contribution is 0.891. The first-order chi connectivity index (χ1) is 7.97. The van der Waals surface area contributed by atoms with Crippen molar-refractivity contribution in [3.63, 3.8) is 0 Å². The molecule has 0 spiro atoms. The van der Waals surface area contributed by atoms with Crippen LogP contribution in [-0.4, -0.2) is 0 Å². The summed E-state index contributed by atoms with van der Waals surface area (Å²) in [6.45, 7) is 3.99. The first-order valence-corrected chi connectivity index (χ1v) is 6.83. The molecule has 0 saturated heterocycles. The molecule has 0 aliphatic carbocycles. The Hall–Kier alpha value is -0.540. The molecule has 1 atom stereocenters. The molecule has 0 fully saturated rings. The molecule has 1 aromatic carbocycles. The molecule has 0 saturated carbocycles. The van der Waals surface area contributed by atoms with E-state index < -0.39 is 0 Å². The Balaban J connectivity index is 2.39. The molecule has 2 rings (SSSR count). The van der Waals surface area contributed by atoms with Gasteiger partial charge in [0.15, 0.2) is 0 Å². The first-order valence-electron chi connectivity index (χ1n) is 5.26. The average Bonchev–Trinajstić information content (AvgIpc) is 2.57. The molecule has 2 aromatic rings. The van der Waals surface area contributed by atoms with Crippen LogP contribution in [-0.2, 0) is 0 Å². The molecule has 17 heavy (non-hydrogen) atoms. The number of halogens is 2. The van der Waals surface area contributed by atoms with E-state index >= 15 is 0 Å². The van der Waals surface area contributed by atoms with Gasteiger partial charge >= 0.3 is 0 Å². The molecule has 0 radical (unpaired) electrons. The van der Waals surface area contributed by atoms with Gasteiger partial charge in [0.2, 0.25) is 0 Å². The Labute approximate surface area is 115 Å². The summed E-state index contributed by atoms with van der Waals surface area (Å²) in [5, 5.41) is 0.717. The third-order valence-electron chi connectivity index (χ3n) is 2.61. The molecule has 1 heterocycles. The quantitative estimate of drug-likeness (QED) is 0.849. The van der Waals surface area contributed by atoms with Crippen molar-refractivity contribution in [2.45, 2.75) is 19.9 Å². The Morgan fingerprint density at radius 2 is 1.82 bits per heavy atom. The highest BCUT2D eigenvalue weighted by atomic mass is 35.5. The van der Waals surface area contributed by atoms with Crippen LogP contribution in [0.25, 0.3) is 0 Å². The Morgan fingerprint density at radius 3 is 2.35 bits per heavy atom. The van der Waals surface area contributed by atoms with Gasteiger partial charge < -0.3 is 5.73 Å². The van der Waals surface area contributed by atoms with Gasteiger partial charge in [0.25, 0.3) is 0 Å². The molecule has 2 N–H and O–H groups in total. The molecular weight excluding hydrogens is 273 g/mol. The second kappa shape index (κ2) is 4.99. The van der Waals surface area contributed by atoms with Crippen molar-refractivity contribution in [2.75, 3.05) is 0 Å². The minimum Gasteiger partial charge on any atom is -0.320 e. The van der Waals surface area contributed by atoms with Crippen LogP contribution in [0, 0.1) is 13.8 Å². The summed E-state index contributed by atoms with van der Waals surface area (Å²) in [7, 11) is 0. The van der Waals surface area contributed by atoms with Crippen molar-refractivity contribution in [3.8, 4) is 0 Å². The van der Waals surface area contributed by atoms with Crippen LogP contribution in [0.5, 0.6) is 0 Å². The molecule has 0 aliphatic rings. The minimum absolute atomic E-state index is 0.163. The predicted molar refractivity (Wildman–Crippen MR) is 76.3 cm³/mol. The summed E-state index contributed by atoms with van der Waals surface area (Å²) >= 11 is 13.6. The van der Waals surface area contributed by atoms with Crippen LogP contribution in [0.3, 0.4) is 0 Å². The first kappa shape index (κ1) is 12.9. The smallest absolute Gasteiger partial charge is 0.0961 e. The number of hydrogen-bond acceptors (Lipinski definition) is 2. The van der Waals surface area contributed by atoms with Gasteiger partial charge in [-0.1, -0.05) is 29.3 Å². The summed E-state index contributed by atoms with van der Waals surface area (Å²) in [5.41, 5.74) is 9.43. The number of benzene rings is 1. The minimum atomic E-state index is -0.163. The van der Waals surface area contributed by atoms with Gasteiger partial charge in [-0.25, -0.2) is 0 Å². The maximum absolute atomic E-state index is 6.23. The van der Waals surface area contributed by atoms with Crippen LogP contribution in [0.4, 0.5) is 0 Å². The monoisotopic (exact) mass is 285 g/mol. The molecule has 1 aromatic heterocycles. The second-order valence-electron chi connectivity index (χ2n) is 4.15. The number of hydrogen-bond donors (Lipinski definition) is 1. The zero-order valence-corrected chi connectivity index (χ0v) is 12.0. The van der Waals surface area contributed by atoms with Crippen LogP contribution in [0.2, 0.25) is 9.36 Å². The molecule has 0 aliphatic heterocycles. The van der Waals surface area contributed by atoms with E-state index in [1.807, 2.05) is 32.0 Å². The summed E-state index contributed by atoms with van der Waals surface area (Å²) in [4.78, 5) is 1.06. The summed E-state index contributed by atoms with van der Waals surface area (Å²) in [6, 6.07) is 7.75. The number of rotatable bonds is 2. The number of thiophene rings is 1. The van der Waals surface area contributed by atoms with Crippen LogP contribution in [0.15, 0.2) is 24.3 Å². The SMILES string of the molecule is Cc1cc(Cl)cc(C(N)c2cc(C)c(Cl)s2)c1. The maximum Gasteiger partial charge on any atom is 0.0961 e. The third kappa shape index (κ3) is 2.83. The van der Waals surface area contributed by atoms with Crippen molar-refractivity contribution in [1.82, 2.24) is 0 Å². The maximum atomic E-state index is 6.23. The van der Waals surface area contributed by atoms with E-state index in [0.717, 1.165) is 30.9 Å². The van der Waals surface area contributed by atoms with Crippen molar-refractivity contribution in [1.29, 1.82) is 0 Å². The third-order valence-corrected chi connectivity index (χ3v) is 4.46. The van der Waals surface area contributed by atoms with E-state index in [4.69, 9.17) is 28.9 Å². The van der Waals surface area contributed by atoms with Gasteiger partial charge in [0, 0.05) is 9.90 Å². The summed E-state index contributed by atoms with van der Waals surface area (Å²) in [5.74, 6) is 0. The van der Waals surface area contributed by atoms with Gasteiger partial charge in [-0.15, -0.1) is 11.3 Å². The average molecular weight is 286 g/mol. The van der Waals surface area contributed by atoms with Gasteiger partial charge in [-0.2, -0.15) is 0 Å². The highest BCUT2D eigenvalue weighted by Crippen LogP contribution is 2.33. The van der Waals surface area contributed by atoms with Crippen molar-refractivity contribution in [3.05, 3.63) is 55.2 Å². The van der Waals surface area contributed by atoms with Crippen LogP contribution in [0.1, 0.15) is 27.6 Å². The summed E-state index contributed by atoms with van der Waals surface area (Å²) < 4.78 is 0.800. The molecule has 1 nitrogen and oxygen atoms in total. The zero-order valence-electron chi connectivity index (χ0n) is 9.63. The van der Waals surface area contributed by atoms with Gasteiger partial charge in [-0.05, 0) is 48.7 Å². The Kier molecular flexibility index (Phi) is 3.79. The summed E-state index contributed by atoms with van der Waals surface area (Å²) in [6.07, 6.45) is 0. The second-order valence-corrected chi connectivity index (χ2v) is 6.27. The van der Waals surface area contributed by atoms with E-state index in [9.17, 15) is 0 Å². The van der Waals surface area contributed by atoms with Crippen molar-refractivity contribution in [2.24, 2.45) is 5.73 Å². The molecule has 1 unspecified atom stereocenters. The molecule has 90 valence electrons.